The van der Waals surface area contributed by atoms with Gasteiger partial charge < -0.3 is 16.5 Å². The number of hydrogen-bond acceptors (Lipinski definition) is 8. The van der Waals surface area contributed by atoms with Gasteiger partial charge in [-0.3, -0.25) is 0 Å². The zero-order valence-electron chi connectivity index (χ0n) is 27.8. The summed E-state index contributed by atoms with van der Waals surface area (Å²) in [5.41, 5.74) is 0. The molecule has 0 amide bonds. The summed E-state index contributed by atoms with van der Waals surface area (Å²) in [6.07, 6.45) is 4.56. The second kappa shape index (κ2) is 19.6. The van der Waals surface area contributed by atoms with Crippen LogP contribution >= 0.6 is 47.0 Å². The van der Waals surface area contributed by atoms with E-state index in [1.54, 1.807) is 0 Å². The van der Waals surface area contributed by atoms with Crippen molar-refractivity contribution in [3.8, 4) is 0 Å². The minimum absolute atomic E-state index is 0.300. The molecule has 0 unspecified atom stereocenters. The van der Waals surface area contributed by atoms with Gasteiger partial charge in [0.15, 0.2) is 0 Å². The van der Waals surface area contributed by atoms with E-state index in [2.05, 4.69) is 83.1 Å². The van der Waals surface area contributed by atoms with E-state index in [1.807, 2.05) is 47.0 Å². The van der Waals surface area contributed by atoms with Gasteiger partial charge in [-0.2, -0.15) is 47.0 Å². The summed E-state index contributed by atoms with van der Waals surface area (Å²) >= 11 is 8.17. The lowest BCUT2D eigenvalue weighted by atomic mass is 10.3. The van der Waals surface area contributed by atoms with Gasteiger partial charge in [0.05, 0.1) is 0 Å². The Morgan fingerprint density at radius 2 is 0.525 bits per heavy atom. The molecular formula is C28H60O4S4Si4. The van der Waals surface area contributed by atoms with Crippen molar-refractivity contribution < 1.29 is 16.5 Å². The molecule has 236 valence electrons. The second-order valence-corrected chi connectivity index (χ2v) is 30.1. The van der Waals surface area contributed by atoms with Gasteiger partial charge in [0.1, 0.15) is 0 Å². The highest BCUT2D eigenvalue weighted by Crippen LogP contribution is 2.29. The molecule has 12 heteroatoms. The Bertz CT molecular complexity index is 547. The Labute approximate surface area is 273 Å². The standard InChI is InChI=1S/C28H60O4S4Si4/c1-25(2,3)33-17-13-21-37-29-38(22-14-18-34-26(4,5)6)31-40(24-16-20-36-28(10,11)12)32-39(30-37)23-15-19-35-27(7,8)9/h13-24H2,1-12H3. The quantitative estimate of drug-likeness (QED) is 0.116. The van der Waals surface area contributed by atoms with Crippen molar-refractivity contribution in [1.29, 1.82) is 0 Å². The third-order valence-electron chi connectivity index (χ3n) is 5.15. The summed E-state index contributed by atoms with van der Waals surface area (Å²) in [5, 5.41) is 0. The van der Waals surface area contributed by atoms with Gasteiger partial charge in [-0.05, 0) is 72.9 Å². The highest BCUT2D eigenvalue weighted by atomic mass is 32.2. The van der Waals surface area contributed by atoms with Crippen LogP contribution < -0.4 is 0 Å². The normalized spacial score (nSPS) is 18.3. The first-order chi connectivity index (χ1) is 18.3. The fraction of sp³-hybridized carbons (Fsp3) is 1.00. The Morgan fingerprint density at radius 3 is 0.675 bits per heavy atom. The summed E-state index contributed by atoms with van der Waals surface area (Å²) in [6.45, 7) is 27.6. The minimum atomic E-state index is -1.39. The van der Waals surface area contributed by atoms with Crippen molar-refractivity contribution in [2.75, 3.05) is 23.0 Å². The Morgan fingerprint density at radius 1 is 0.350 bits per heavy atom. The third-order valence-corrected chi connectivity index (χ3v) is 20.9. The number of rotatable bonds is 16. The van der Waals surface area contributed by atoms with E-state index in [4.69, 9.17) is 16.5 Å². The zero-order chi connectivity index (χ0) is 30.5. The van der Waals surface area contributed by atoms with E-state index < -0.39 is 37.1 Å². The van der Waals surface area contributed by atoms with E-state index >= 15 is 0 Å². The van der Waals surface area contributed by atoms with Crippen LogP contribution in [0.3, 0.4) is 0 Å². The molecular weight excluding hydrogens is 641 g/mol. The van der Waals surface area contributed by atoms with Crippen LogP contribution in [-0.2, 0) is 16.5 Å². The maximum absolute atomic E-state index is 6.84. The first-order valence-electron chi connectivity index (χ1n) is 15.0. The highest BCUT2D eigenvalue weighted by Gasteiger charge is 2.38. The van der Waals surface area contributed by atoms with Crippen LogP contribution in [0.15, 0.2) is 0 Å². The van der Waals surface area contributed by atoms with Gasteiger partial charge in [-0.25, -0.2) is 0 Å². The van der Waals surface area contributed by atoms with Crippen LogP contribution in [0.25, 0.3) is 0 Å². The number of thioether (sulfide) groups is 4. The lowest BCUT2D eigenvalue weighted by molar-refractivity contribution is 0.278. The van der Waals surface area contributed by atoms with E-state index in [9.17, 15) is 0 Å². The average molecular weight is 701 g/mol. The van der Waals surface area contributed by atoms with Gasteiger partial charge >= 0.3 is 37.1 Å². The molecule has 1 aliphatic heterocycles. The van der Waals surface area contributed by atoms with E-state index in [-0.39, 0.29) is 0 Å². The van der Waals surface area contributed by atoms with E-state index in [0.29, 0.717) is 19.0 Å². The van der Waals surface area contributed by atoms with Crippen molar-refractivity contribution in [1.82, 2.24) is 0 Å². The van der Waals surface area contributed by atoms with Crippen molar-refractivity contribution in [3.63, 3.8) is 0 Å². The molecule has 1 aliphatic rings. The third kappa shape index (κ3) is 24.4. The smallest absolute Gasteiger partial charge is 0.365 e. The molecule has 1 heterocycles. The average Bonchev–Trinajstić information content (AvgIpc) is 2.75. The van der Waals surface area contributed by atoms with Gasteiger partial charge in [-0.1, -0.05) is 83.1 Å². The molecule has 4 radical (unpaired) electrons. The minimum Gasteiger partial charge on any atom is -0.414 e. The maximum atomic E-state index is 6.84. The van der Waals surface area contributed by atoms with Crippen molar-refractivity contribution in [3.05, 3.63) is 0 Å². The molecule has 1 saturated heterocycles. The second-order valence-electron chi connectivity index (χ2n) is 14.2. The van der Waals surface area contributed by atoms with Gasteiger partial charge in [0.25, 0.3) is 0 Å². The van der Waals surface area contributed by atoms with Crippen molar-refractivity contribution in [2.24, 2.45) is 0 Å². The molecule has 0 saturated carbocycles. The fourth-order valence-electron chi connectivity index (χ4n) is 3.38. The van der Waals surface area contributed by atoms with Gasteiger partial charge in [0.2, 0.25) is 0 Å². The topological polar surface area (TPSA) is 36.9 Å². The predicted octanol–water partition coefficient (Wildman–Crippen LogP) is 9.71. The largest absolute Gasteiger partial charge is 0.414 e. The molecule has 0 aromatic rings. The van der Waals surface area contributed by atoms with Crippen molar-refractivity contribution in [2.45, 2.75) is 152 Å². The van der Waals surface area contributed by atoms with E-state index in [0.717, 1.165) is 72.9 Å². The monoisotopic (exact) mass is 700 g/mol. The summed E-state index contributed by atoms with van der Waals surface area (Å²) in [5.74, 6) is 4.62. The molecule has 0 aromatic carbocycles. The van der Waals surface area contributed by atoms with Crippen LogP contribution in [-0.4, -0.2) is 79.1 Å². The SMILES string of the molecule is CC(C)(C)SCCC[Si]1O[Si](CCCSC(C)(C)C)O[Si](CCCSC(C)(C)C)O[Si](CCCSC(C)(C)C)O1. The first-order valence-corrected chi connectivity index (χ1v) is 25.1. The molecule has 40 heavy (non-hydrogen) atoms. The van der Waals surface area contributed by atoms with Crippen LogP contribution in [0.2, 0.25) is 24.2 Å². The Hall–Kier alpha value is 2.11. The highest BCUT2D eigenvalue weighted by molar-refractivity contribution is 8.01. The molecule has 0 atom stereocenters. The molecule has 0 aromatic heterocycles. The summed E-state index contributed by atoms with van der Waals surface area (Å²) in [7, 11) is -5.56. The summed E-state index contributed by atoms with van der Waals surface area (Å²) in [4.78, 5) is 0. The molecule has 0 N–H and O–H groups in total. The Balaban J connectivity index is 2.87. The first kappa shape index (κ1) is 40.1. The molecule has 0 bridgehead atoms. The lowest BCUT2D eigenvalue weighted by Gasteiger charge is -2.32. The summed E-state index contributed by atoms with van der Waals surface area (Å²) < 4.78 is 28.6. The van der Waals surface area contributed by atoms with Crippen LogP contribution in [0.4, 0.5) is 0 Å². The van der Waals surface area contributed by atoms with Crippen LogP contribution in [0, 0.1) is 0 Å². The number of hydrogen-bond donors (Lipinski definition) is 0. The molecule has 0 spiro atoms. The van der Waals surface area contributed by atoms with Gasteiger partial charge in [-0.15, -0.1) is 0 Å². The molecule has 4 nitrogen and oxygen atoms in total. The van der Waals surface area contributed by atoms with Gasteiger partial charge in [0, 0.05) is 19.0 Å². The van der Waals surface area contributed by atoms with Crippen LogP contribution in [0.1, 0.15) is 109 Å². The fourth-order valence-corrected chi connectivity index (χ4v) is 19.4. The lowest BCUT2D eigenvalue weighted by Crippen LogP contribution is -2.48. The predicted molar refractivity (Wildman–Crippen MR) is 194 cm³/mol. The molecule has 0 aliphatic carbocycles. The molecule has 1 fully saturated rings. The maximum Gasteiger partial charge on any atom is 0.365 e. The summed E-state index contributed by atoms with van der Waals surface area (Å²) in [6, 6.07) is 4.11. The Kier molecular flexibility index (Phi) is 19.6. The zero-order valence-corrected chi connectivity index (χ0v) is 35.0. The molecule has 1 rings (SSSR count). The van der Waals surface area contributed by atoms with E-state index in [1.165, 1.54) is 0 Å². The van der Waals surface area contributed by atoms with Crippen molar-refractivity contribution >= 4 is 84.2 Å². The van der Waals surface area contributed by atoms with Crippen LogP contribution in [0.5, 0.6) is 0 Å².